The summed E-state index contributed by atoms with van der Waals surface area (Å²) in [7, 11) is -3.42. The van der Waals surface area contributed by atoms with E-state index in [1.165, 1.54) is 12.1 Å². The Kier molecular flexibility index (Phi) is 5.62. The molecule has 6 nitrogen and oxygen atoms in total. The van der Waals surface area contributed by atoms with E-state index in [1.807, 2.05) is 0 Å². The molecule has 0 saturated carbocycles. The van der Waals surface area contributed by atoms with Gasteiger partial charge in [-0.2, -0.15) is 0 Å². The monoisotopic (exact) mass is 410 g/mol. The van der Waals surface area contributed by atoms with Crippen LogP contribution >= 0.6 is 11.6 Å². The molecule has 0 aromatic heterocycles. The molecule has 0 fully saturated rings. The lowest BCUT2D eigenvalue weighted by Gasteiger charge is -2.12. The summed E-state index contributed by atoms with van der Waals surface area (Å²) in [4.78, 5) is 12.5. The fraction of sp³-hybridized carbons (Fsp3) is 0.316. The summed E-state index contributed by atoms with van der Waals surface area (Å²) in [6.07, 6.45) is 1.85. The second-order valence-corrected chi connectivity index (χ2v) is 8.70. The zero-order chi connectivity index (χ0) is 19.6. The Balaban J connectivity index is 1.78. The average molecular weight is 411 g/mol. The van der Waals surface area contributed by atoms with Crippen LogP contribution < -0.4 is 9.47 Å². The topological polar surface area (TPSA) is 78.9 Å². The summed E-state index contributed by atoms with van der Waals surface area (Å²) >= 11 is 6.24. The van der Waals surface area contributed by atoms with Crippen molar-refractivity contribution in [3.05, 3.63) is 52.0 Å². The third kappa shape index (κ3) is 4.54. The first kappa shape index (κ1) is 19.5. The highest BCUT2D eigenvalue weighted by Crippen LogP contribution is 2.38. The molecular formula is C19H19ClO6S. The van der Waals surface area contributed by atoms with Crippen LogP contribution in [0.2, 0.25) is 5.02 Å². The lowest BCUT2D eigenvalue weighted by Crippen LogP contribution is -2.09. The molecule has 0 N–H and O–H groups in total. The van der Waals surface area contributed by atoms with Gasteiger partial charge in [0.1, 0.15) is 6.61 Å². The van der Waals surface area contributed by atoms with Crippen LogP contribution in [0.25, 0.3) is 0 Å². The summed E-state index contributed by atoms with van der Waals surface area (Å²) < 4.78 is 40.0. The van der Waals surface area contributed by atoms with E-state index in [0.29, 0.717) is 40.9 Å². The van der Waals surface area contributed by atoms with Crippen LogP contribution in [0.5, 0.6) is 11.5 Å². The number of esters is 1. The van der Waals surface area contributed by atoms with Gasteiger partial charge in [0.25, 0.3) is 0 Å². The number of halogens is 1. The van der Waals surface area contributed by atoms with Crippen molar-refractivity contribution in [1.82, 2.24) is 0 Å². The molecule has 144 valence electrons. The molecule has 0 unspecified atom stereocenters. The van der Waals surface area contributed by atoms with E-state index in [2.05, 4.69) is 0 Å². The molecule has 3 rings (SSSR count). The van der Waals surface area contributed by atoms with E-state index in [-0.39, 0.29) is 17.1 Å². The fourth-order valence-corrected chi connectivity index (χ4v) is 3.58. The summed E-state index contributed by atoms with van der Waals surface area (Å²) in [5.41, 5.74) is 1.48. The van der Waals surface area contributed by atoms with Crippen LogP contribution in [0.15, 0.2) is 35.2 Å². The molecule has 0 spiro atoms. The molecule has 0 bridgehead atoms. The van der Waals surface area contributed by atoms with Gasteiger partial charge in [-0.05, 0) is 42.3 Å². The zero-order valence-corrected chi connectivity index (χ0v) is 16.5. The van der Waals surface area contributed by atoms with Crippen molar-refractivity contribution < 1.29 is 27.4 Å². The smallest absolute Gasteiger partial charge is 0.338 e. The van der Waals surface area contributed by atoms with Gasteiger partial charge in [-0.3, -0.25) is 0 Å². The number of ether oxygens (including phenoxy) is 3. The number of fused-ring (bicyclic) bond motifs is 1. The van der Waals surface area contributed by atoms with Gasteiger partial charge in [0.05, 0.1) is 28.7 Å². The van der Waals surface area contributed by atoms with Crippen molar-refractivity contribution >= 4 is 27.4 Å². The quantitative estimate of drug-likeness (QED) is 0.717. The number of sulfone groups is 1. The fourth-order valence-electron chi connectivity index (χ4n) is 2.65. The minimum absolute atomic E-state index is 0.0300. The summed E-state index contributed by atoms with van der Waals surface area (Å²) in [5.74, 6) is 0.392. The average Bonchev–Trinajstić information content (AvgIpc) is 2.85. The number of benzene rings is 2. The molecule has 1 aliphatic rings. The van der Waals surface area contributed by atoms with Gasteiger partial charge in [0.2, 0.25) is 0 Å². The number of hydrogen-bond acceptors (Lipinski definition) is 6. The first-order valence-corrected chi connectivity index (χ1v) is 10.6. The first-order valence-electron chi connectivity index (χ1n) is 8.31. The normalized spacial score (nSPS) is 13.7. The van der Waals surface area contributed by atoms with Crippen LogP contribution in [0, 0.1) is 6.92 Å². The Labute approximate surface area is 162 Å². The molecule has 2 aromatic carbocycles. The molecule has 2 aromatic rings. The highest BCUT2D eigenvalue weighted by atomic mass is 35.5. The van der Waals surface area contributed by atoms with Gasteiger partial charge in [-0.25, -0.2) is 13.2 Å². The molecule has 0 atom stereocenters. The zero-order valence-electron chi connectivity index (χ0n) is 15.0. The van der Waals surface area contributed by atoms with Gasteiger partial charge in [-0.15, -0.1) is 0 Å². The molecule has 0 saturated heterocycles. The van der Waals surface area contributed by atoms with Crippen molar-refractivity contribution in [3.8, 4) is 11.5 Å². The van der Waals surface area contributed by atoms with Crippen molar-refractivity contribution in [2.75, 3.05) is 19.5 Å². The number of carbonyl (C=O) groups excluding carboxylic acids is 1. The first-order chi connectivity index (χ1) is 12.8. The third-order valence-electron chi connectivity index (χ3n) is 4.09. The van der Waals surface area contributed by atoms with Crippen LogP contribution in [0.3, 0.4) is 0 Å². The van der Waals surface area contributed by atoms with Gasteiger partial charge < -0.3 is 14.2 Å². The standard InChI is InChI=1S/C19H19ClO6S/c1-12-4-5-14(27(2,22)23)10-15(12)19(21)26-11-13-8-16(20)18-17(9-13)24-6-3-7-25-18/h4-5,8-10H,3,6-7,11H2,1-2H3. The molecular weight excluding hydrogens is 392 g/mol. The molecule has 0 aliphatic carbocycles. The maximum Gasteiger partial charge on any atom is 0.338 e. The van der Waals surface area contributed by atoms with Crippen molar-refractivity contribution in [2.45, 2.75) is 24.8 Å². The van der Waals surface area contributed by atoms with Gasteiger partial charge in [-0.1, -0.05) is 17.7 Å². The van der Waals surface area contributed by atoms with E-state index in [0.717, 1.165) is 12.7 Å². The predicted molar refractivity (Wildman–Crippen MR) is 100 cm³/mol. The van der Waals surface area contributed by atoms with Crippen LogP contribution in [0.4, 0.5) is 0 Å². The van der Waals surface area contributed by atoms with Crippen LogP contribution in [-0.2, 0) is 21.2 Å². The maximum atomic E-state index is 12.4. The SMILES string of the molecule is Cc1ccc(S(C)(=O)=O)cc1C(=O)OCc1cc(Cl)c2c(c1)OCCCO2. The van der Waals surface area contributed by atoms with Crippen molar-refractivity contribution in [1.29, 1.82) is 0 Å². The number of aryl methyl sites for hydroxylation is 1. The Morgan fingerprint density at radius 1 is 1.19 bits per heavy atom. The highest BCUT2D eigenvalue weighted by Gasteiger charge is 2.18. The lowest BCUT2D eigenvalue weighted by atomic mass is 10.1. The van der Waals surface area contributed by atoms with E-state index >= 15 is 0 Å². The number of hydrogen-bond donors (Lipinski definition) is 0. The Morgan fingerprint density at radius 2 is 1.93 bits per heavy atom. The van der Waals surface area contributed by atoms with Gasteiger partial charge >= 0.3 is 5.97 Å². The van der Waals surface area contributed by atoms with Crippen LogP contribution in [0.1, 0.15) is 27.9 Å². The van der Waals surface area contributed by atoms with Gasteiger partial charge in [0.15, 0.2) is 21.3 Å². The largest absolute Gasteiger partial charge is 0.489 e. The molecule has 1 heterocycles. The van der Waals surface area contributed by atoms with E-state index < -0.39 is 15.8 Å². The van der Waals surface area contributed by atoms with E-state index in [9.17, 15) is 13.2 Å². The maximum absolute atomic E-state index is 12.4. The molecule has 27 heavy (non-hydrogen) atoms. The van der Waals surface area contributed by atoms with Crippen molar-refractivity contribution in [3.63, 3.8) is 0 Å². The molecule has 0 radical (unpaired) electrons. The highest BCUT2D eigenvalue weighted by molar-refractivity contribution is 7.90. The van der Waals surface area contributed by atoms with E-state index in [1.54, 1.807) is 25.1 Å². The summed E-state index contributed by atoms with van der Waals surface area (Å²) in [6.45, 7) is 2.73. The number of carbonyl (C=O) groups is 1. The summed E-state index contributed by atoms with van der Waals surface area (Å²) in [6, 6.07) is 7.75. The van der Waals surface area contributed by atoms with Crippen molar-refractivity contribution in [2.24, 2.45) is 0 Å². The van der Waals surface area contributed by atoms with Gasteiger partial charge in [0, 0.05) is 12.7 Å². The minimum atomic E-state index is -3.42. The van der Waals surface area contributed by atoms with Crippen LogP contribution in [-0.4, -0.2) is 33.9 Å². The predicted octanol–water partition coefficient (Wildman–Crippen LogP) is 3.57. The van der Waals surface area contributed by atoms with E-state index in [4.69, 9.17) is 25.8 Å². The summed E-state index contributed by atoms with van der Waals surface area (Å²) in [5, 5.41) is 0.385. The lowest BCUT2D eigenvalue weighted by molar-refractivity contribution is 0.0471. The Bertz CT molecular complexity index is 984. The second-order valence-electron chi connectivity index (χ2n) is 6.28. The molecule has 0 amide bonds. The Hall–Kier alpha value is -2.25. The number of rotatable bonds is 4. The molecule has 8 heteroatoms. The Morgan fingerprint density at radius 3 is 2.67 bits per heavy atom. The molecule has 1 aliphatic heterocycles. The minimum Gasteiger partial charge on any atom is -0.489 e. The third-order valence-corrected chi connectivity index (χ3v) is 5.48. The second kappa shape index (κ2) is 7.78.